The highest BCUT2D eigenvalue weighted by atomic mass is 16.5. The fourth-order valence-electron chi connectivity index (χ4n) is 11.9. The van der Waals surface area contributed by atoms with E-state index in [1.165, 1.54) is 28.4 Å². The zero-order chi connectivity index (χ0) is 72.4. The molecule has 12 rings (SSSR count). The number of phenolic OH excluding ortho intramolecular Hbond substituents is 1. The molecular formula is C86H82N6O10. The van der Waals surface area contributed by atoms with Gasteiger partial charge in [-0.3, -0.25) is 13.7 Å². The number of benzene rings is 9. The van der Waals surface area contributed by atoms with Crippen LogP contribution in [0.3, 0.4) is 0 Å². The summed E-state index contributed by atoms with van der Waals surface area (Å²) in [6.45, 7) is 19.2. The van der Waals surface area contributed by atoms with Gasteiger partial charge in [0.05, 0.1) is 79.2 Å². The SMILES string of the molecule is C#CCOc1ccc2c(c1)c(-c1ccc(C(C)C)cc1)nc(=O)n2Cc1c(O)cccc1OC.C#CCOc1ccc2c(c1)c(-c1ccc(C(C)C)cc1)nc(=O)n2Cc1cccc(OCC)c1.C#CCOc1ccc2c(c1)c(-c1ccc(C(C)C)cc1)nc(=O)n2Cc1ccccc1OCC. The number of methoxy groups -OCH3 is 1. The summed E-state index contributed by atoms with van der Waals surface area (Å²) in [5, 5.41) is 12.8. The van der Waals surface area contributed by atoms with Crippen molar-refractivity contribution in [3.05, 3.63) is 259 Å². The van der Waals surface area contributed by atoms with Gasteiger partial charge in [0.25, 0.3) is 0 Å². The van der Waals surface area contributed by atoms with Crippen LogP contribution >= 0.6 is 0 Å². The van der Waals surface area contributed by atoms with Gasteiger partial charge in [-0.2, -0.15) is 15.0 Å². The third-order valence-electron chi connectivity index (χ3n) is 17.2. The molecule has 0 unspecified atom stereocenters. The van der Waals surface area contributed by atoms with E-state index in [1.54, 1.807) is 33.4 Å². The van der Waals surface area contributed by atoms with Crippen molar-refractivity contribution in [3.8, 4) is 111 Å². The summed E-state index contributed by atoms with van der Waals surface area (Å²) in [6.07, 6.45) is 16.1. The Morgan fingerprint density at radius 2 is 0.794 bits per heavy atom. The number of hydrogen-bond donors (Lipinski definition) is 1. The van der Waals surface area contributed by atoms with Gasteiger partial charge in [-0.05, 0) is 139 Å². The first-order valence-electron chi connectivity index (χ1n) is 33.8. The first-order chi connectivity index (χ1) is 49.4. The Bertz CT molecular complexity index is 5270. The molecule has 0 amide bonds. The Balaban J connectivity index is 0.000000165. The summed E-state index contributed by atoms with van der Waals surface area (Å²) in [4.78, 5) is 53.2. The maximum absolute atomic E-state index is 13.3. The Morgan fingerprint density at radius 3 is 1.20 bits per heavy atom. The third-order valence-corrected chi connectivity index (χ3v) is 17.2. The van der Waals surface area contributed by atoms with Crippen LogP contribution in [-0.2, 0) is 19.6 Å². The van der Waals surface area contributed by atoms with E-state index in [1.807, 2.05) is 159 Å². The number of terminal acetylenes is 3. The van der Waals surface area contributed by atoms with Crippen molar-refractivity contribution in [2.75, 3.05) is 40.1 Å². The van der Waals surface area contributed by atoms with Crippen LogP contribution in [0.1, 0.15) is 107 Å². The topological polar surface area (TPSA) is 180 Å². The first kappa shape index (κ1) is 72.4. The normalized spacial score (nSPS) is 10.9. The summed E-state index contributed by atoms with van der Waals surface area (Å²) in [5.41, 5.74) is 11.5. The van der Waals surface area contributed by atoms with E-state index in [-0.39, 0.29) is 43.5 Å². The number of para-hydroxylation sites is 1. The maximum atomic E-state index is 13.3. The molecule has 0 saturated carbocycles. The van der Waals surface area contributed by atoms with Gasteiger partial charge >= 0.3 is 17.1 Å². The van der Waals surface area contributed by atoms with Gasteiger partial charge in [-0.25, -0.2) is 14.4 Å². The molecule has 0 aliphatic heterocycles. The highest BCUT2D eigenvalue weighted by molar-refractivity contribution is 5.95. The maximum Gasteiger partial charge on any atom is 0.348 e. The largest absolute Gasteiger partial charge is 0.507 e. The zero-order valence-corrected chi connectivity index (χ0v) is 58.9. The van der Waals surface area contributed by atoms with Gasteiger partial charge in [0, 0.05) is 38.4 Å². The predicted molar refractivity (Wildman–Crippen MR) is 407 cm³/mol. The lowest BCUT2D eigenvalue weighted by Gasteiger charge is -2.16. The molecular weight excluding hydrogens is 1280 g/mol. The lowest BCUT2D eigenvalue weighted by atomic mass is 9.99. The van der Waals surface area contributed by atoms with Gasteiger partial charge < -0.3 is 33.5 Å². The molecule has 9 aromatic carbocycles. The van der Waals surface area contributed by atoms with E-state index in [9.17, 15) is 19.5 Å². The zero-order valence-electron chi connectivity index (χ0n) is 58.9. The minimum atomic E-state index is -0.432. The van der Waals surface area contributed by atoms with E-state index in [0.717, 1.165) is 66.5 Å². The van der Waals surface area contributed by atoms with Crippen LogP contribution in [0, 0.1) is 37.0 Å². The number of fused-ring (bicyclic) bond motifs is 3. The third kappa shape index (κ3) is 17.2. The summed E-state index contributed by atoms with van der Waals surface area (Å²) in [6, 6.07) is 61.6. The van der Waals surface area contributed by atoms with E-state index >= 15 is 0 Å². The van der Waals surface area contributed by atoms with E-state index in [2.05, 4.69) is 98.5 Å². The van der Waals surface area contributed by atoms with Crippen molar-refractivity contribution < 1.29 is 33.5 Å². The Labute approximate surface area is 594 Å². The first-order valence-corrected chi connectivity index (χ1v) is 33.8. The highest BCUT2D eigenvalue weighted by Gasteiger charge is 2.21. The second-order valence-corrected chi connectivity index (χ2v) is 24.9. The number of hydrogen-bond acceptors (Lipinski definition) is 13. The fraction of sp³-hybridized carbons (Fsp3) is 0.233. The molecule has 0 spiro atoms. The molecule has 0 atom stereocenters. The van der Waals surface area contributed by atoms with Crippen LogP contribution in [0.4, 0.5) is 0 Å². The number of aromatic nitrogens is 6. The molecule has 1 N–H and O–H groups in total. The van der Waals surface area contributed by atoms with Crippen molar-refractivity contribution in [3.63, 3.8) is 0 Å². The van der Waals surface area contributed by atoms with Crippen molar-refractivity contribution >= 4 is 32.7 Å². The van der Waals surface area contributed by atoms with Crippen molar-refractivity contribution in [1.82, 2.24) is 28.7 Å². The van der Waals surface area contributed by atoms with Crippen molar-refractivity contribution in [1.29, 1.82) is 0 Å². The lowest BCUT2D eigenvalue weighted by molar-refractivity contribution is 0.335. The van der Waals surface area contributed by atoms with Crippen LogP contribution in [-0.4, -0.2) is 73.9 Å². The second kappa shape index (κ2) is 34.0. The summed E-state index contributed by atoms with van der Waals surface area (Å²) >= 11 is 0. The predicted octanol–water partition coefficient (Wildman–Crippen LogP) is 16.3. The van der Waals surface area contributed by atoms with Gasteiger partial charge in [-0.15, -0.1) is 19.3 Å². The summed E-state index contributed by atoms with van der Waals surface area (Å²) in [5.74, 6) is 12.6. The summed E-state index contributed by atoms with van der Waals surface area (Å²) in [7, 11) is 1.52. The number of phenols is 1. The molecule has 16 heteroatoms. The van der Waals surface area contributed by atoms with Crippen LogP contribution in [0.15, 0.2) is 209 Å². The molecule has 16 nitrogen and oxygen atoms in total. The molecule has 0 bridgehead atoms. The molecule has 3 aromatic heterocycles. The van der Waals surface area contributed by atoms with Crippen LogP contribution in [0.25, 0.3) is 66.5 Å². The van der Waals surface area contributed by atoms with Gasteiger partial charge in [-0.1, -0.05) is 168 Å². The Morgan fingerprint density at radius 1 is 0.412 bits per heavy atom. The lowest BCUT2D eigenvalue weighted by Crippen LogP contribution is -2.25. The number of ether oxygens (including phenoxy) is 6. The molecule has 0 aliphatic rings. The van der Waals surface area contributed by atoms with Crippen LogP contribution < -0.4 is 45.5 Å². The summed E-state index contributed by atoms with van der Waals surface area (Å²) < 4.78 is 38.6. The molecule has 0 radical (unpaired) electrons. The molecule has 102 heavy (non-hydrogen) atoms. The minimum absolute atomic E-state index is 0.0433. The molecule has 0 fully saturated rings. The minimum Gasteiger partial charge on any atom is -0.507 e. The van der Waals surface area contributed by atoms with Crippen LogP contribution in [0.2, 0.25) is 0 Å². The molecule has 3 heterocycles. The monoisotopic (exact) mass is 1360 g/mol. The van der Waals surface area contributed by atoms with E-state index < -0.39 is 5.69 Å². The standard InChI is InChI=1S/2C29H28N2O3.C28H26N2O4/c1-5-16-34-25-14-15-27-26(18-25)28(23-12-10-22(11-13-23)20(3)4)30-29(32)31(27)19-21-8-7-9-24(17-21)33-6-2;1-5-17-34-24-15-16-26-25(18-24)28(22-13-11-21(12-14-22)20(3)4)30-29(32)31(26)19-23-9-7-8-10-27(23)33-6-2;1-5-15-34-21-13-14-24-22(16-21)27(20-11-9-19(10-12-20)18(2)3)29-28(32)30(24)17-23-25(31)7-6-8-26(23)33-4/h1,7-15,17-18,20H,6,16,19H2,2-4H3;1,7-16,18,20H,6,17,19H2,2-4H3;1,6-14,16,18,31H,15,17H2,2-4H3. The van der Waals surface area contributed by atoms with E-state index in [0.29, 0.717) is 95.2 Å². The quantitative estimate of drug-likeness (QED) is 0.0598. The van der Waals surface area contributed by atoms with Gasteiger partial charge in [0.2, 0.25) is 0 Å². The highest BCUT2D eigenvalue weighted by Crippen LogP contribution is 2.36. The van der Waals surface area contributed by atoms with Crippen molar-refractivity contribution in [2.24, 2.45) is 0 Å². The number of aromatic hydroxyl groups is 1. The van der Waals surface area contributed by atoms with Gasteiger partial charge in [0.1, 0.15) is 60.1 Å². The Kier molecular flexibility index (Phi) is 24.1. The molecule has 0 aliphatic carbocycles. The molecule has 516 valence electrons. The average molecular weight is 1360 g/mol. The molecule has 0 saturated heterocycles. The Hall–Kier alpha value is -12.3. The fourth-order valence-corrected chi connectivity index (χ4v) is 11.9. The second-order valence-electron chi connectivity index (χ2n) is 24.9. The smallest absolute Gasteiger partial charge is 0.348 e. The average Bonchev–Trinajstić information content (AvgIpc) is 0.773. The number of rotatable bonds is 23. The van der Waals surface area contributed by atoms with Crippen LogP contribution in [0.5, 0.6) is 40.2 Å². The van der Waals surface area contributed by atoms with Gasteiger partial charge in [0.15, 0.2) is 0 Å². The number of nitrogens with zero attached hydrogens (tertiary/aromatic N) is 6. The van der Waals surface area contributed by atoms with Crippen molar-refractivity contribution in [2.45, 2.75) is 92.8 Å². The molecule has 12 aromatic rings. The van der Waals surface area contributed by atoms with E-state index in [4.69, 9.17) is 47.7 Å².